The number of ketones is 1. The number of carbonyl (C=O) groups excluding carboxylic acids is 1. The molecule has 0 bridgehead atoms. The number of unbranched alkanes of at least 4 members (excludes halogenated alkanes) is 3. The van der Waals surface area contributed by atoms with Gasteiger partial charge in [0.15, 0.2) is 5.78 Å². The van der Waals surface area contributed by atoms with Gasteiger partial charge in [0.2, 0.25) is 0 Å². The Morgan fingerprint density at radius 3 is 2.56 bits per heavy atom. The Morgan fingerprint density at radius 1 is 1.13 bits per heavy atom. The fourth-order valence-corrected chi connectivity index (χ4v) is 12.1. The number of dihydropyridines is 1. The van der Waals surface area contributed by atoms with Gasteiger partial charge in [-0.05, 0) is 112 Å². The minimum absolute atomic E-state index is 0.0793. The lowest BCUT2D eigenvalue weighted by Gasteiger charge is -2.62. The Bertz CT molecular complexity index is 1450. The minimum Gasteiger partial charge on any atom is -0.396 e. The van der Waals surface area contributed by atoms with Crippen LogP contribution in [0.4, 0.5) is 0 Å². The molecule has 6 rings (SSSR count). The minimum atomic E-state index is -1.70. The van der Waals surface area contributed by atoms with Gasteiger partial charge in [0, 0.05) is 36.6 Å². The van der Waals surface area contributed by atoms with Crippen LogP contribution in [0.15, 0.2) is 35.2 Å². The topological polar surface area (TPSA) is 218 Å². The Labute approximate surface area is 321 Å². The molecule has 6 aliphatic rings. The third-order valence-electron chi connectivity index (χ3n) is 15.2. The van der Waals surface area contributed by atoms with Gasteiger partial charge in [-0.25, -0.2) is 0 Å². The number of nitrogens with two attached hydrogens (primary N) is 1. The molecule has 54 heavy (non-hydrogen) atoms. The van der Waals surface area contributed by atoms with Crippen LogP contribution < -0.4 is 16.4 Å². The van der Waals surface area contributed by atoms with Crippen molar-refractivity contribution in [3.05, 3.63) is 35.2 Å². The highest BCUT2D eigenvalue weighted by molar-refractivity contribution is 6.00. The average molecular weight is 760 g/mol. The molecule has 0 aromatic rings. The monoisotopic (exact) mass is 760 g/mol. The zero-order valence-corrected chi connectivity index (χ0v) is 32.9. The standard InChI is InChI=1S/C42H69N3O9/c1-5-6-7-8-9-26-23-54-37(27(26)22-46)38(51)40(4,52)32-14-17-42(53)34-28(13-15-39(32,42)3)41(16-12-25-10-11-33(43)44-21-25)19-31(49)30(48)18-29(41)36(50)35(34)45-20-24(2)47/h10-11,21,24,26-33,37-38,44-49,51-53H,5-9,12-20,22-23,43H2,1-4H3/t24-,26+,27-,28-,29-,30+,31-,32-,33?,37+,38+,39+,40+,41+,42+/m0/s1. The highest BCUT2D eigenvalue weighted by atomic mass is 16.5. The molecule has 0 spiro atoms. The third-order valence-corrected chi connectivity index (χ3v) is 15.2. The summed E-state index contributed by atoms with van der Waals surface area (Å²) in [5, 5.41) is 87.4. The first-order valence-electron chi connectivity index (χ1n) is 20.9. The van der Waals surface area contributed by atoms with Crippen molar-refractivity contribution in [2.24, 2.45) is 46.2 Å². The van der Waals surface area contributed by atoms with Gasteiger partial charge < -0.3 is 56.8 Å². The second-order valence-corrected chi connectivity index (χ2v) is 18.4. The maximum Gasteiger partial charge on any atom is 0.182 e. The van der Waals surface area contributed by atoms with Gasteiger partial charge in [0.1, 0.15) is 6.10 Å². The zero-order chi connectivity index (χ0) is 39.2. The van der Waals surface area contributed by atoms with E-state index in [1.165, 1.54) is 0 Å². The fraction of sp³-hybridized carbons (Fsp3) is 0.833. The molecule has 3 saturated carbocycles. The van der Waals surface area contributed by atoms with E-state index in [1.807, 2.05) is 25.3 Å². The van der Waals surface area contributed by atoms with Crippen LogP contribution in [0, 0.1) is 40.4 Å². The van der Waals surface area contributed by atoms with Crippen LogP contribution in [0.1, 0.15) is 111 Å². The molecule has 0 aromatic carbocycles. The number of rotatable bonds is 15. The van der Waals surface area contributed by atoms with Crippen molar-refractivity contribution >= 4 is 5.78 Å². The van der Waals surface area contributed by atoms with Gasteiger partial charge >= 0.3 is 0 Å². The van der Waals surface area contributed by atoms with Crippen LogP contribution in [0.25, 0.3) is 0 Å². The van der Waals surface area contributed by atoms with Crippen LogP contribution in [0.2, 0.25) is 0 Å². The number of Topliss-reactive ketones (excluding diaryl/α,β-unsaturated/α-hetero) is 1. The first-order valence-corrected chi connectivity index (χ1v) is 20.9. The maximum atomic E-state index is 14.9. The molecule has 4 fully saturated rings. The highest BCUT2D eigenvalue weighted by Gasteiger charge is 2.71. The number of nitrogens with one attached hydrogen (secondary N) is 2. The molecule has 1 saturated heterocycles. The number of fused-ring (bicyclic) bond motifs is 5. The molecular weight excluding hydrogens is 690 g/mol. The van der Waals surface area contributed by atoms with Gasteiger partial charge in [-0.15, -0.1) is 0 Å². The molecule has 2 aliphatic heterocycles. The summed E-state index contributed by atoms with van der Waals surface area (Å²) in [5.41, 5.74) is 2.85. The van der Waals surface area contributed by atoms with E-state index in [0.717, 1.165) is 37.7 Å². The zero-order valence-electron chi connectivity index (χ0n) is 32.9. The van der Waals surface area contributed by atoms with E-state index < -0.39 is 64.4 Å². The van der Waals surface area contributed by atoms with Crippen molar-refractivity contribution < 1.29 is 45.3 Å². The molecule has 2 heterocycles. The summed E-state index contributed by atoms with van der Waals surface area (Å²) >= 11 is 0. The summed E-state index contributed by atoms with van der Waals surface area (Å²) in [6.45, 7) is 7.73. The fourth-order valence-electron chi connectivity index (χ4n) is 12.1. The molecule has 12 heteroatoms. The van der Waals surface area contributed by atoms with Gasteiger partial charge in [0.25, 0.3) is 0 Å². The van der Waals surface area contributed by atoms with Gasteiger partial charge in [-0.3, -0.25) is 4.79 Å². The quantitative estimate of drug-likeness (QED) is 0.109. The SMILES string of the molecule is CCCCCC[C@@H]1CO[C@@H]([C@@H](O)[C@](C)(O)[C@H]2CC[C@@]3(O)C4=C(NC[C@H](C)O)C(=O)[C@@H]5C[C@@H](O)[C@@H](O)C[C@]5(CCC5=CNC(N)C=C5)[C@H]4CC[C@]23C)[C@H]1CO. The van der Waals surface area contributed by atoms with Crippen molar-refractivity contribution in [1.29, 1.82) is 0 Å². The second-order valence-electron chi connectivity index (χ2n) is 18.4. The average Bonchev–Trinajstić information content (AvgIpc) is 3.67. The van der Waals surface area contributed by atoms with Crippen molar-refractivity contribution in [2.45, 2.75) is 159 Å². The normalized spacial score (nSPS) is 42.7. The molecule has 306 valence electrons. The van der Waals surface area contributed by atoms with E-state index in [9.17, 15) is 40.5 Å². The number of carbonyl (C=O) groups is 1. The van der Waals surface area contributed by atoms with Crippen molar-refractivity contribution in [3.63, 3.8) is 0 Å². The van der Waals surface area contributed by atoms with Crippen LogP contribution in [-0.4, -0.2) is 109 Å². The molecule has 1 unspecified atom stereocenters. The van der Waals surface area contributed by atoms with Crippen LogP contribution >= 0.6 is 0 Å². The molecule has 12 nitrogen and oxygen atoms in total. The number of allylic oxidation sites excluding steroid dienone is 3. The van der Waals surface area contributed by atoms with Crippen LogP contribution in [0.3, 0.4) is 0 Å². The predicted molar refractivity (Wildman–Crippen MR) is 204 cm³/mol. The molecule has 0 aromatic heterocycles. The van der Waals surface area contributed by atoms with Crippen molar-refractivity contribution in [1.82, 2.24) is 10.6 Å². The molecule has 15 atom stereocenters. The van der Waals surface area contributed by atoms with Crippen molar-refractivity contribution in [2.75, 3.05) is 19.8 Å². The van der Waals surface area contributed by atoms with E-state index in [-0.39, 0.29) is 67.8 Å². The van der Waals surface area contributed by atoms with E-state index >= 15 is 0 Å². The molecule has 0 radical (unpaired) electrons. The second kappa shape index (κ2) is 16.2. The largest absolute Gasteiger partial charge is 0.396 e. The third kappa shape index (κ3) is 7.15. The lowest BCUT2D eigenvalue weighted by Crippen LogP contribution is -2.65. The number of aliphatic hydroxyl groups excluding tert-OH is 5. The Kier molecular flexibility index (Phi) is 12.5. The lowest BCUT2D eigenvalue weighted by atomic mass is 9.43. The Hall–Kier alpha value is -1.87. The summed E-state index contributed by atoms with van der Waals surface area (Å²) in [5.74, 6) is -2.01. The number of aliphatic hydroxyl groups is 7. The Balaban J connectivity index is 1.35. The molecule has 4 aliphatic carbocycles. The van der Waals surface area contributed by atoms with Crippen LogP contribution in [0.5, 0.6) is 0 Å². The number of ether oxygens (including phenoxy) is 1. The predicted octanol–water partition coefficient (Wildman–Crippen LogP) is 2.28. The number of hydrogen-bond acceptors (Lipinski definition) is 12. The summed E-state index contributed by atoms with van der Waals surface area (Å²) in [6, 6.07) is 0. The van der Waals surface area contributed by atoms with Crippen LogP contribution in [-0.2, 0) is 9.53 Å². The van der Waals surface area contributed by atoms with E-state index in [2.05, 4.69) is 17.6 Å². The van der Waals surface area contributed by atoms with E-state index in [0.29, 0.717) is 44.3 Å². The van der Waals surface area contributed by atoms with E-state index in [4.69, 9.17) is 10.5 Å². The highest BCUT2D eigenvalue weighted by Crippen LogP contribution is 2.70. The first kappa shape index (κ1) is 41.8. The summed E-state index contributed by atoms with van der Waals surface area (Å²) in [6.07, 6.45) is 8.82. The van der Waals surface area contributed by atoms with E-state index in [1.54, 1.807) is 13.8 Å². The Morgan fingerprint density at radius 2 is 1.89 bits per heavy atom. The number of hydrogen-bond donors (Lipinski definition) is 10. The summed E-state index contributed by atoms with van der Waals surface area (Å²) < 4.78 is 6.19. The molecule has 11 N–H and O–H groups in total. The first-order chi connectivity index (χ1) is 25.6. The van der Waals surface area contributed by atoms with Gasteiger partial charge in [0.05, 0.1) is 54.1 Å². The lowest BCUT2D eigenvalue weighted by molar-refractivity contribution is -0.198. The molecular formula is C42H69N3O9. The van der Waals surface area contributed by atoms with Gasteiger partial charge in [-0.1, -0.05) is 45.6 Å². The summed E-state index contributed by atoms with van der Waals surface area (Å²) in [7, 11) is 0. The molecule has 0 amide bonds. The summed E-state index contributed by atoms with van der Waals surface area (Å²) in [4.78, 5) is 14.9. The van der Waals surface area contributed by atoms with Crippen molar-refractivity contribution in [3.8, 4) is 0 Å². The van der Waals surface area contributed by atoms with Gasteiger partial charge in [-0.2, -0.15) is 0 Å². The smallest absolute Gasteiger partial charge is 0.182 e. The maximum absolute atomic E-state index is 14.9.